The van der Waals surface area contributed by atoms with Gasteiger partial charge in [0.15, 0.2) is 0 Å². The fraction of sp³-hybridized carbons (Fsp3) is 0.889. The van der Waals surface area contributed by atoms with Gasteiger partial charge in [-0.2, -0.15) is 0 Å². The molecular formula is C9H22N4O. The van der Waals surface area contributed by atoms with E-state index in [9.17, 15) is 0 Å². The van der Waals surface area contributed by atoms with Crippen molar-refractivity contribution >= 4 is 5.96 Å². The summed E-state index contributed by atoms with van der Waals surface area (Å²) in [5, 5.41) is 3.17. The Morgan fingerprint density at radius 1 is 1.50 bits per heavy atom. The SMILES string of the molecule is CCCN=C(NN)NC(C)(C)COC. The van der Waals surface area contributed by atoms with E-state index in [1.54, 1.807) is 7.11 Å². The van der Waals surface area contributed by atoms with E-state index in [0.29, 0.717) is 12.6 Å². The molecule has 0 spiro atoms. The summed E-state index contributed by atoms with van der Waals surface area (Å²) in [6.07, 6.45) is 0.998. The molecule has 5 nitrogen and oxygen atoms in total. The molecule has 14 heavy (non-hydrogen) atoms. The van der Waals surface area contributed by atoms with Crippen LogP contribution in [0.15, 0.2) is 4.99 Å². The van der Waals surface area contributed by atoms with Crippen molar-refractivity contribution in [1.82, 2.24) is 10.7 Å². The summed E-state index contributed by atoms with van der Waals surface area (Å²) in [5.41, 5.74) is 2.36. The highest BCUT2D eigenvalue weighted by atomic mass is 16.5. The van der Waals surface area contributed by atoms with Crippen molar-refractivity contribution in [3.63, 3.8) is 0 Å². The average molecular weight is 202 g/mol. The third-order valence-corrected chi connectivity index (χ3v) is 1.59. The molecule has 0 aliphatic heterocycles. The second-order valence-electron chi connectivity index (χ2n) is 3.82. The summed E-state index contributed by atoms with van der Waals surface area (Å²) in [6, 6.07) is 0. The van der Waals surface area contributed by atoms with Crippen LogP contribution in [0.4, 0.5) is 0 Å². The van der Waals surface area contributed by atoms with Crippen LogP contribution in [-0.2, 0) is 4.74 Å². The van der Waals surface area contributed by atoms with Gasteiger partial charge in [-0.3, -0.25) is 10.4 Å². The molecular weight excluding hydrogens is 180 g/mol. The van der Waals surface area contributed by atoms with E-state index in [0.717, 1.165) is 13.0 Å². The van der Waals surface area contributed by atoms with Crippen LogP contribution in [0.5, 0.6) is 0 Å². The molecule has 0 radical (unpaired) electrons. The first-order valence-corrected chi connectivity index (χ1v) is 4.84. The summed E-state index contributed by atoms with van der Waals surface area (Å²) in [7, 11) is 1.67. The molecule has 0 aliphatic rings. The van der Waals surface area contributed by atoms with Gasteiger partial charge in [0.05, 0.1) is 12.1 Å². The van der Waals surface area contributed by atoms with Gasteiger partial charge in [0.25, 0.3) is 0 Å². The van der Waals surface area contributed by atoms with Gasteiger partial charge in [0.2, 0.25) is 5.96 Å². The van der Waals surface area contributed by atoms with Crippen LogP contribution in [0, 0.1) is 0 Å². The largest absolute Gasteiger partial charge is 0.382 e. The Bertz CT molecular complexity index is 180. The number of nitrogens with two attached hydrogens (primary N) is 1. The molecule has 4 N–H and O–H groups in total. The van der Waals surface area contributed by atoms with Gasteiger partial charge in [-0.1, -0.05) is 6.92 Å². The highest BCUT2D eigenvalue weighted by Gasteiger charge is 2.18. The standard InChI is InChI=1S/C9H22N4O/c1-5-6-11-8(13-10)12-9(2,3)7-14-4/h5-7,10H2,1-4H3,(H2,11,12,13). The van der Waals surface area contributed by atoms with Gasteiger partial charge >= 0.3 is 0 Å². The van der Waals surface area contributed by atoms with Gasteiger partial charge in [-0.25, -0.2) is 5.84 Å². The first kappa shape index (κ1) is 13.2. The molecule has 5 heteroatoms. The molecule has 0 aromatic heterocycles. The monoisotopic (exact) mass is 202 g/mol. The Balaban J connectivity index is 4.15. The van der Waals surface area contributed by atoms with E-state index >= 15 is 0 Å². The Morgan fingerprint density at radius 3 is 2.57 bits per heavy atom. The summed E-state index contributed by atoms with van der Waals surface area (Å²) in [4.78, 5) is 4.24. The molecule has 0 aliphatic carbocycles. The number of nitrogens with zero attached hydrogens (tertiary/aromatic N) is 1. The van der Waals surface area contributed by atoms with E-state index in [1.807, 2.05) is 13.8 Å². The van der Waals surface area contributed by atoms with Gasteiger partial charge in [-0.05, 0) is 20.3 Å². The maximum atomic E-state index is 5.33. The van der Waals surface area contributed by atoms with Crippen molar-refractivity contribution < 1.29 is 4.74 Å². The summed E-state index contributed by atoms with van der Waals surface area (Å²) in [5.74, 6) is 5.94. The topological polar surface area (TPSA) is 71.7 Å². The van der Waals surface area contributed by atoms with Crippen LogP contribution in [0.25, 0.3) is 0 Å². The molecule has 0 fully saturated rings. The average Bonchev–Trinajstić information content (AvgIpc) is 2.12. The number of hydrazine groups is 1. The summed E-state index contributed by atoms with van der Waals surface area (Å²) >= 11 is 0. The molecule has 0 unspecified atom stereocenters. The quantitative estimate of drug-likeness (QED) is 0.258. The highest BCUT2D eigenvalue weighted by Crippen LogP contribution is 2.01. The third kappa shape index (κ3) is 5.77. The van der Waals surface area contributed by atoms with Crippen LogP contribution in [0.1, 0.15) is 27.2 Å². The minimum atomic E-state index is -0.173. The smallest absolute Gasteiger partial charge is 0.206 e. The molecule has 0 rings (SSSR count). The molecule has 0 aromatic rings. The third-order valence-electron chi connectivity index (χ3n) is 1.59. The van der Waals surface area contributed by atoms with Crippen molar-refractivity contribution in [2.45, 2.75) is 32.7 Å². The lowest BCUT2D eigenvalue weighted by Crippen LogP contribution is -2.53. The number of guanidine groups is 1. The lowest BCUT2D eigenvalue weighted by atomic mass is 10.1. The van der Waals surface area contributed by atoms with Crippen molar-refractivity contribution in [1.29, 1.82) is 0 Å². The van der Waals surface area contributed by atoms with E-state index in [2.05, 4.69) is 22.7 Å². The van der Waals surface area contributed by atoms with E-state index in [4.69, 9.17) is 10.6 Å². The predicted octanol–water partition coefficient (Wildman–Crippen LogP) is 0.230. The highest BCUT2D eigenvalue weighted by molar-refractivity contribution is 5.79. The molecule has 0 saturated heterocycles. The maximum absolute atomic E-state index is 5.33. The number of nitrogens with one attached hydrogen (secondary N) is 2. The van der Waals surface area contributed by atoms with Crippen molar-refractivity contribution in [2.24, 2.45) is 10.8 Å². The molecule has 0 bridgehead atoms. The first-order chi connectivity index (χ1) is 6.55. The second-order valence-corrected chi connectivity index (χ2v) is 3.82. The number of hydrogen-bond acceptors (Lipinski definition) is 3. The zero-order chi connectivity index (χ0) is 11.0. The van der Waals surface area contributed by atoms with Crippen molar-refractivity contribution in [2.75, 3.05) is 20.3 Å². The minimum Gasteiger partial charge on any atom is -0.382 e. The van der Waals surface area contributed by atoms with Crippen molar-refractivity contribution in [3.05, 3.63) is 0 Å². The number of rotatable bonds is 5. The van der Waals surface area contributed by atoms with Crippen LogP contribution in [0.2, 0.25) is 0 Å². The molecule has 0 heterocycles. The number of ether oxygens (including phenoxy) is 1. The number of methoxy groups -OCH3 is 1. The lowest BCUT2D eigenvalue weighted by Gasteiger charge is -2.26. The maximum Gasteiger partial charge on any atom is 0.206 e. The normalized spacial score (nSPS) is 12.8. The van der Waals surface area contributed by atoms with Crippen LogP contribution in [-0.4, -0.2) is 31.8 Å². The molecule has 0 atom stereocenters. The second kappa shape index (κ2) is 6.62. The number of hydrogen-bond donors (Lipinski definition) is 3. The Kier molecular flexibility index (Phi) is 6.23. The predicted molar refractivity (Wildman–Crippen MR) is 59.0 cm³/mol. The van der Waals surface area contributed by atoms with E-state index in [1.165, 1.54) is 0 Å². The first-order valence-electron chi connectivity index (χ1n) is 4.84. The zero-order valence-corrected chi connectivity index (χ0v) is 9.55. The fourth-order valence-electron chi connectivity index (χ4n) is 1.06. The molecule has 0 saturated carbocycles. The Morgan fingerprint density at radius 2 is 2.14 bits per heavy atom. The summed E-state index contributed by atoms with van der Waals surface area (Å²) < 4.78 is 5.07. The molecule has 0 aromatic carbocycles. The zero-order valence-electron chi connectivity index (χ0n) is 9.55. The fourth-order valence-corrected chi connectivity index (χ4v) is 1.06. The van der Waals surface area contributed by atoms with Crippen LogP contribution < -0.4 is 16.6 Å². The van der Waals surface area contributed by atoms with E-state index in [-0.39, 0.29) is 5.54 Å². The minimum absolute atomic E-state index is 0.173. The van der Waals surface area contributed by atoms with Crippen LogP contribution >= 0.6 is 0 Å². The molecule has 84 valence electrons. The lowest BCUT2D eigenvalue weighted by molar-refractivity contribution is 0.139. The Labute approximate surface area is 86.1 Å². The van der Waals surface area contributed by atoms with Gasteiger partial charge in [-0.15, -0.1) is 0 Å². The van der Waals surface area contributed by atoms with E-state index < -0.39 is 0 Å². The van der Waals surface area contributed by atoms with Crippen molar-refractivity contribution in [3.8, 4) is 0 Å². The van der Waals surface area contributed by atoms with Gasteiger partial charge < -0.3 is 10.1 Å². The van der Waals surface area contributed by atoms with Gasteiger partial charge in [0.1, 0.15) is 0 Å². The van der Waals surface area contributed by atoms with Gasteiger partial charge in [0, 0.05) is 13.7 Å². The van der Waals surface area contributed by atoms with Crippen LogP contribution in [0.3, 0.4) is 0 Å². The number of aliphatic imine (C=N–C) groups is 1. The molecule has 0 amide bonds. The summed E-state index contributed by atoms with van der Waals surface area (Å²) in [6.45, 7) is 7.47. The Hall–Kier alpha value is -0.810.